The first kappa shape index (κ1) is 16.8. The van der Waals surface area contributed by atoms with Crippen molar-refractivity contribution >= 4 is 11.6 Å². The Labute approximate surface area is 132 Å². The summed E-state index contributed by atoms with van der Waals surface area (Å²) in [7, 11) is 0. The van der Waals surface area contributed by atoms with Gasteiger partial charge in [-0.1, -0.05) is 50.6 Å². The van der Waals surface area contributed by atoms with E-state index in [1.807, 2.05) is 0 Å². The second-order valence-corrected chi connectivity index (χ2v) is 6.66. The average molecular weight is 314 g/mol. The van der Waals surface area contributed by atoms with Crippen LogP contribution < -0.4 is 5.32 Å². The van der Waals surface area contributed by atoms with Gasteiger partial charge in [0.15, 0.2) is 5.15 Å². The quantitative estimate of drug-likeness (QED) is 0.674. The van der Waals surface area contributed by atoms with E-state index in [1.165, 1.54) is 12.8 Å². The second kappa shape index (κ2) is 8.16. The zero-order valence-electron chi connectivity index (χ0n) is 13.1. The van der Waals surface area contributed by atoms with Gasteiger partial charge in [-0.15, -0.1) is 0 Å². The van der Waals surface area contributed by atoms with Crippen LogP contribution in [0, 0.1) is 0 Å². The summed E-state index contributed by atoms with van der Waals surface area (Å²) in [6.45, 7) is 3.44. The number of unbranched alkanes of at least 4 members (excludes halogenated alkanes) is 1. The number of rotatable bonds is 7. The average Bonchev–Trinajstić information content (AvgIpc) is 2.67. The molecule has 1 aliphatic carbocycles. The third kappa shape index (κ3) is 5.28. The summed E-state index contributed by atoms with van der Waals surface area (Å²) in [6, 6.07) is 0. The van der Waals surface area contributed by atoms with Crippen LogP contribution in [0.15, 0.2) is 0 Å². The SMILES string of the molecule is CCCCc1nc(Cl)c(CNCC2(O)CCCCCC2)[nH]1. The summed E-state index contributed by atoms with van der Waals surface area (Å²) in [5.41, 5.74) is 0.383. The van der Waals surface area contributed by atoms with E-state index in [0.29, 0.717) is 18.2 Å². The Kier molecular flexibility index (Phi) is 6.52. The van der Waals surface area contributed by atoms with Gasteiger partial charge in [0.25, 0.3) is 0 Å². The fraction of sp³-hybridized carbons (Fsp3) is 0.812. The van der Waals surface area contributed by atoms with Gasteiger partial charge < -0.3 is 15.4 Å². The highest BCUT2D eigenvalue weighted by molar-refractivity contribution is 6.30. The van der Waals surface area contributed by atoms with Crippen molar-refractivity contribution in [3.05, 3.63) is 16.7 Å². The Morgan fingerprint density at radius 2 is 2.00 bits per heavy atom. The lowest BCUT2D eigenvalue weighted by Gasteiger charge is -2.26. The normalized spacial score (nSPS) is 18.6. The van der Waals surface area contributed by atoms with Crippen LogP contribution in [0.4, 0.5) is 0 Å². The molecule has 1 heterocycles. The van der Waals surface area contributed by atoms with Crippen molar-refractivity contribution in [1.82, 2.24) is 15.3 Å². The summed E-state index contributed by atoms with van der Waals surface area (Å²) >= 11 is 6.16. The zero-order chi connectivity index (χ0) is 15.1. The standard InChI is InChI=1S/C16H28ClN3O/c1-2-3-8-14-19-13(15(17)20-14)11-18-12-16(21)9-6-4-5-7-10-16/h18,21H,2-12H2,1H3,(H,19,20). The molecule has 0 amide bonds. The van der Waals surface area contributed by atoms with Gasteiger partial charge in [0.2, 0.25) is 0 Å². The molecule has 0 unspecified atom stereocenters. The molecule has 0 aromatic carbocycles. The Morgan fingerprint density at radius 3 is 2.67 bits per heavy atom. The Morgan fingerprint density at radius 1 is 1.29 bits per heavy atom. The van der Waals surface area contributed by atoms with E-state index in [2.05, 4.69) is 22.2 Å². The predicted molar refractivity (Wildman–Crippen MR) is 86.6 cm³/mol. The number of H-pyrrole nitrogens is 1. The molecule has 0 saturated heterocycles. The van der Waals surface area contributed by atoms with Gasteiger partial charge in [-0.25, -0.2) is 4.98 Å². The highest BCUT2D eigenvalue weighted by atomic mass is 35.5. The molecule has 1 aromatic heterocycles. The summed E-state index contributed by atoms with van der Waals surface area (Å²) < 4.78 is 0. The molecular formula is C16H28ClN3O. The minimum Gasteiger partial charge on any atom is -0.389 e. The topological polar surface area (TPSA) is 60.9 Å². The number of aryl methyl sites for hydroxylation is 1. The molecule has 0 atom stereocenters. The van der Waals surface area contributed by atoms with Crippen LogP contribution in [0.25, 0.3) is 0 Å². The minimum absolute atomic E-state index is 0.548. The number of hydrogen-bond acceptors (Lipinski definition) is 3. The zero-order valence-corrected chi connectivity index (χ0v) is 13.8. The van der Waals surface area contributed by atoms with Crippen LogP contribution >= 0.6 is 11.6 Å². The molecule has 3 N–H and O–H groups in total. The lowest BCUT2D eigenvalue weighted by atomic mass is 9.94. The van der Waals surface area contributed by atoms with E-state index in [1.54, 1.807) is 0 Å². The lowest BCUT2D eigenvalue weighted by molar-refractivity contribution is 0.0250. The molecule has 1 fully saturated rings. The maximum Gasteiger partial charge on any atom is 0.151 e. The Balaban J connectivity index is 1.81. The molecule has 0 bridgehead atoms. The first-order valence-electron chi connectivity index (χ1n) is 8.29. The molecule has 1 aliphatic rings. The monoisotopic (exact) mass is 313 g/mol. The number of hydrogen-bond donors (Lipinski definition) is 3. The largest absolute Gasteiger partial charge is 0.389 e. The fourth-order valence-corrected chi connectivity index (χ4v) is 3.22. The minimum atomic E-state index is -0.548. The summed E-state index contributed by atoms with van der Waals surface area (Å²) in [5, 5.41) is 14.5. The number of aliphatic hydroxyl groups is 1. The number of imidazole rings is 1. The number of halogens is 1. The molecule has 4 nitrogen and oxygen atoms in total. The fourth-order valence-electron chi connectivity index (χ4n) is 3.00. The van der Waals surface area contributed by atoms with Gasteiger partial charge in [-0.3, -0.25) is 0 Å². The third-order valence-electron chi connectivity index (χ3n) is 4.33. The first-order valence-corrected chi connectivity index (χ1v) is 8.67. The summed E-state index contributed by atoms with van der Waals surface area (Å²) in [5.74, 6) is 0.965. The molecule has 1 aromatic rings. The first-order chi connectivity index (χ1) is 10.1. The maximum absolute atomic E-state index is 10.6. The predicted octanol–water partition coefficient (Wildman–Crippen LogP) is 3.58. The molecule has 0 spiro atoms. The summed E-state index contributed by atoms with van der Waals surface area (Å²) in [4.78, 5) is 7.64. The number of nitrogens with zero attached hydrogens (tertiary/aromatic N) is 1. The number of aromatic nitrogens is 2. The third-order valence-corrected chi connectivity index (χ3v) is 4.65. The van der Waals surface area contributed by atoms with Gasteiger partial charge in [-0.2, -0.15) is 0 Å². The molecule has 120 valence electrons. The van der Waals surface area contributed by atoms with Crippen molar-refractivity contribution in [3.8, 4) is 0 Å². The highest BCUT2D eigenvalue weighted by Crippen LogP contribution is 2.26. The molecule has 21 heavy (non-hydrogen) atoms. The molecule has 1 saturated carbocycles. The molecule has 2 rings (SSSR count). The Hall–Kier alpha value is -0.580. The van der Waals surface area contributed by atoms with Gasteiger partial charge in [0, 0.05) is 19.5 Å². The molecule has 0 radical (unpaired) electrons. The van der Waals surface area contributed by atoms with Gasteiger partial charge >= 0.3 is 0 Å². The van der Waals surface area contributed by atoms with Crippen LogP contribution in [-0.4, -0.2) is 27.2 Å². The van der Waals surface area contributed by atoms with E-state index >= 15 is 0 Å². The van der Waals surface area contributed by atoms with Crippen LogP contribution in [0.5, 0.6) is 0 Å². The van der Waals surface area contributed by atoms with Gasteiger partial charge in [0.05, 0.1) is 11.3 Å². The number of nitrogens with one attached hydrogen (secondary N) is 2. The molecular weight excluding hydrogens is 286 g/mol. The van der Waals surface area contributed by atoms with Crippen LogP contribution in [0.1, 0.15) is 69.8 Å². The van der Waals surface area contributed by atoms with E-state index in [9.17, 15) is 5.11 Å². The van der Waals surface area contributed by atoms with E-state index in [4.69, 9.17) is 11.6 Å². The van der Waals surface area contributed by atoms with Gasteiger partial charge in [0.1, 0.15) is 5.82 Å². The van der Waals surface area contributed by atoms with Crippen molar-refractivity contribution in [2.24, 2.45) is 0 Å². The number of aromatic amines is 1. The van der Waals surface area contributed by atoms with E-state index in [-0.39, 0.29) is 0 Å². The van der Waals surface area contributed by atoms with E-state index < -0.39 is 5.60 Å². The van der Waals surface area contributed by atoms with Crippen molar-refractivity contribution in [2.45, 2.75) is 76.9 Å². The Bertz CT molecular complexity index is 425. The van der Waals surface area contributed by atoms with Crippen molar-refractivity contribution in [3.63, 3.8) is 0 Å². The molecule has 5 heteroatoms. The van der Waals surface area contributed by atoms with Crippen molar-refractivity contribution < 1.29 is 5.11 Å². The van der Waals surface area contributed by atoms with Crippen LogP contribution in [0.2, 0.25) is 5.15 Å². The van der Waals surface area contributed by atoms with E-state index in [0.717, 1.165) is 56.5 Å². The molecule has 0 aliphatic heterocycles. The van der Waals surface area contributed by atoms with Crippen molar-refractivity contribution in [1.29, 1.82) is 0 Å². The smallest absolute Gasteiger partial charge is 0.151 e. The van der Waals surface area contributed by atoms with Gasteiger partial charge in [-0.05, 0) is 19.3 Å². The maximum atomic E-state index is 10.6. The lowest BCUT2D eigenvalue weighted by Crippen LogP contribution is -2.40. The second-order valence-electron chi connectivity index (χ2n) is 6.30. The van der Waals surface area contributed by atoms with Crippen LogP contribution in [0.3, 0.4) is 0 Å². The highest BCUT2D eigenvalue weighted by Gasteiger charge is 2.27. The van der Waals surface area contributed by atoms with Crippen molar-refractivity contribution in [2.75, 3.05) is 6.54 Å². The van der Waals surface area contributed by atoms with Crippen LogP contribution in [-0.2, 0) is 13.0 Å². The summed E-state index contributed by atoms with van der Waals surface area (Å²) in [6.07, 6.45) is 9.77.